The first-order valence-corrected chi connectivity index (χ1v) is 7.87. The van der Waals surface area contributed by atoms with E-state index in [9.17, 15) is 0 Å². The monoisotopic (exact) mass is 290 g/mol. The van der Waals surface area contributed by atoms with Crippen LogP contribution < -0.4 is 10.1 Å². The standard InChI is InChI=1S/C16H22N2OS/c1-4-5-9-17-11-15-12(2)18-16(20-15)13-7-6-8-14(10-13)19-3/h6-8,10,17H,4-5,9,11H2,1-3H3. The fraction of sp³-hybridized carbons (Fsp3) is 0.438. The second kappa shape index (κ2) is 7.41. The molecule has 108 valence electrons. The average Bonchev–Trinajstić information content (AvgIpc) is 2.85. The van der Waals surface area contributed by atoms with E-state index in [1.165, 1.54) is 17.7 Å². The van der Waals surface area contributed by atoms with Gasteiger partial charge in [-0.3, -0.25) is 0 Å². The average molecular weight is 290 g/mol. The molecule has 0 aliphatic rings. The van der Waals surface area contributed by atoms with Gasteiger partial charge in [0.05, 0.1) is 12.8 Å². The maximum atomic E-state index is 5.27. The van der Waals surface area contributed by atoms with Crippen LogP contribution in [0.1, 0.15) is 30.3 Å². The fourth-order valence-electron chi connectivity index (χ4n) is 1.98. The highest BCUT2D eigenvalue weighted by Gasteiger charge is 2.09. The Hall–Kier alpha value is -1.39. The largest absolute Gasteiger partial charge is 0.497 e. The number of hydrogen-bond acceptors (Lipinski definition) is 4. The molecule has 0 saturated carbocycles. The van der Waals surface area contributed by atoms with Crippen molar-refractivity contribution in [3.63, 3.8) is 0 Å². The molecule has 0 fully saturated rings. The summed E-state index contributed by atoms with van der Waals surface area (Å²) < 4.78 is 5.27. The molecule has 0 saturated heterocycles. The predicted molar refractivity (Wildman–Crippen MR) is 85.5 cm³/mol. The van der Waals surface area contributed by atoms with E-state index in [4.69, 9.17) is 4.74 Å². The van der Waals surface area contributed by atoms with Crippen molar-refractivity contribution in [3.05, 3.63) is 34.8 Å². The van der Waals surface area contributed by atoms with Crippen LogP contribution in [0.25, 0.3) is 10.6 Å². The number of hydrogen-bond donors (Lipinski definition) is 1. The van der Waals surface area contributed by atoms with Crippen molar-refractivity contribution in [2.24, 2.45) is 0 Å². The molecule has 0 amide bonds. The number of nitrogens with zero attached hydrogens (tertiary/aromatic N) is 1. The Bertz CT molecular complexity index is 551. The minimum absolute atomic E-state index is 0.873. The van der Waals surface area contributed by atoms with E-state index in [-0.39, 0.29) is 0 Å². The Morgan fingerprint density at radius 2 is 2.20 bits per heavy atom. The number of nitrogens with one attached hydrogen (secondary N) is 1. The van der Waals surface area contributed by atoms with Crippen LogP contribution in [0.3, 0.4) is 0 Å². The Morgan fingerprint density at radius 3 is 2.95 bits per heavy atom. The molecule has 1 heterocycles. The van der Waals surface area contributed by atoms with Gasteiger partial charge in [0.2, 0.25) is 0 Å². The van der Waals surface area contributed by atoms with Crippen molar-refractivity contribution in [3.8, 4) is 16.3 Å². The number of rotatable bonds is 7. The van der Waals surface area contributed by atoms with E-state index in [0.29, 0.717) is 0 Å². The van der Waals surface area contributed by atoms with Crippen LogP contribution >= 0.6 is 11.3 Å². The molecule has 4 heteroatoms. The van der Waals surface area contributed by atoms with E-state index in [2.05, 4.69) is 30.2 Å². The zero-order valence-electron chi connectivity index (χ0n) is 12.4. The first-order chi connectivity index (χ1) is 9.74. The van der Waals surface area contributed by atoms with Gasteiger partial charge in [0, 0.05) is 17.0 Å². The molecule has 0 atom stereocenters. The summed E-state index contributed by atoms with van der Waals surface area (Å²) in [5, 5.41) is 4.54. The normalized spacial score (nSPS) is 10.8. The Balaban J connectivity index is 2.09. The zero-order valence-corrected chi connectivity index (χ0v) is 13.2. The fourth-order valence-corrected chi connectivity index (χ4v) is 3.00. The van der Waals surface area contributed by atoms with Gasteiger partial charge in [-0.2, -0.15) is 0 Å². The molecule has 0 bridgehead atoms. The lowest BCUT2D eigenvalue weighted by Gasteiger charge is -2.02. The van der Waals surface area contributed by atoms with Gasteiger partial charge in [0.1, 0.15) is 10.8 Å². The number of unbranched alkanes of at least 4 members (excludes halogenated alkanes) is 1. The van der Waals surface area contributed by atoms with Gasteiger partial charge in [-0.1, -0.05) is 25.5 Å². The van der Waals surface area contributed by atoms with Crippen LogP contribution in [-0.2, 0) is 6.54 Å². The van der Waals surface area contributed by atoms with E-state index >= 15 is 0 Å². The van der Waals surface area contributed by atoms with Gasteiger partial charge in [-0.05, 0) is 32.0 Å². The van der Waals surface area contributed by atoms with Gasteiger partial charge >= 0.3 is 0 Å². The first kappa shape index (κ1) is 15.0. The third-order valence-electron chi connectivity index (χ3n) is 3.20. The molecule has 3 nitrogen and oxygen atoms in total. The predicted octanol–water partition coefficient (Wildman–Crippen LogP) is 4.02. The molecule has 0 aliphatic carbocycles. The van der Waals surface area contributed by atoms with Crippen molar-refractivity contribution >= 4 is 11.3 Å². The SMILES string of the molecule is CCCCNCc1sc(-c2cccc(OC)c2)nc1C. The second-order valence-corrected chi connectivity index (χ2v) is 5.87. The van der Waals surface area contributed by atoms with Crippen molar-refractivity contribution < 1.29 is 4.74 Å². The number of methoxy groups -OCH3 is 1. The van der Waals surface area contributed by atoms with Crippen LogP contribution in [0.4, 0.5) is 0 Å². The maximum Gasteiger partial charge on any atom is 0.124 e. The highest BCUT2D eigenvalue weighted by Crippen LogP contribution is 2.29. The van der Waals surface area contributed by atoms with Crippen molar-refractivity contribution in [2.45, 2.75) is 33.2 Å². The van der Waals surface area contributed by atoms with Crippen LogP contribution in [0, 0.1) is 6.92 Å². The highest BCUT2D eigenvalue weighted by molar-refractivity contribution is 7.15. The quantitative estimate of drug-likeness (QED) is 0.782. The molecule has 2 aromatic rings. The summed E-state index contributed by atoms with van der Waals surface area (Å²) in [5.74, 6) is 0.873. The minimum Gasteiger partial charge on any atom is -0.497 e. The molecule has 1 aromatic heterocycles. The molecule has 1 N–H and O–H groups in total. The number of thiazole rings is 1. The Labute approximate surface area is 125 Å². The molecule has 0 radical (unpaired) electrons. The maximum absolute atomic E-state index is 5.27. The van der Waals surface area contributed by atoms with Crippen LogP contribution in [0.15, 0.2) is 24.3 Å². The molecule has 0 spiro atoms. The number of ether oxygens (including phenoxy) is 1. The molecular weight excluding hydrogens is 268 g/mol. The van der Waals surface area contributed by atoms with Gasteiger partial charge in [0.25, 0.3) is 0 Å². The number of aryl methyl sites for hydroxylation is 1. The topological polar surface area (TPSA) is 34.1 Å². The van der Waals surface area contributed by atoms with Crippen LogP contribution in [0.2, 0.25) is 0 Å². The van der Waals surface area contributed by atoms with Gasteiger partial charge < -0.3 is 10.1 Å². The highest BCUT2D eigenvalue weighted by atomic mass is 32.1. The molecular formula is C16H22N2OS. The third-order valence-corrected chi connectivity index (χ3v) is 4.41. The van der Waals surface area contributed by atoms with E-state index in [1.54, 1.807) is 18.4 Å². The third kappa shape index (κ3) is 3.81. The summed E-state index contributed by atoms with van der Waals surface area (Å²) in [6, 6.07) is 8.07. The summed E-state index contributed by atoms with van der Waals surface area (Å²) in [7, 11) is 1.69. The van der Waals surface area contributed by atoms with Gasteiger partial charge in [0.15, 0.2) is 0 Å². The zero-order chi connectivity index (χ0) is 14.4. The summed E-state index contributed by atoms with van der Waals surface area (Å²) in [4.78, 5) is 6.00. The molecule has 20 heavy (non-hydrogen) atoms. The number of aromatic nitrogens is 1. The second-order valence-electron chi connectivity index (χ2n) is 4.79. The summed E-state index contributed by atoms with van der Waals surface area (Å²) in [6.45, 7) is 6.27. The van der Waals surface area contributed by atoms with E-state index in [0.717, 1.165) is 35.1 Å². The molecule has 1 aromatic carbocycles. The molecule has 0 aliphatic heterocycles. The van der Waals surface area contributed by atoms with E-state index < -0.39 is 0 Å². The Kier molecular flexibility index (Phi) is 5.56. The van der Waals surface area contributed by atoms with Crippen LogP contribution in [0.5, 0.6) is 5.75 Å². The van der Waals surface area contributed by atoms with Gasteiger partial charge in [-0.25, -0.2) is 4.98 Å². The smallest absolute Gasteiger partial charge is 0.124 e. The summed E-state index contributed by atoms with van der Waals surface area (Å²) in [6.07, 6.45) is 2.45. The lowest BCUT2D eigenvalue weighted by atomic mass is 10.2. The van der Waals surface area contributed by atoms with Gasteiger partial charge in [-0.15, -0.1) is 11.3 Å². The summed E-state index contributed by atoms with van der Waals surface area (Å²) >= 11 is 1.76. The lowest BCUT2D eigenvalue weighted by Crippen LogP contribution is -2.14. The molecule has 0 unspecified atom stereocenters. The lowest BCUT2D eigenvalue weighted by molar-refractivity contribution is 0.415. The summed E-state index contributed by atoms with van der Waals surface area (Å²) in [5.41, 5.74) is 2.24. The van der Waals surface area contributed by atoms with Crippen molar-refractivity contribution in [2.75, 3.05) is 13.7 Å². The van der Waals surface area contributed by atoms with E-state index in [1.807, 2.05) is 18.2 Å². The Morgan fingerprint density at radius 1 is 1.35 bits per heavy atom. The molecule has 2 rings (SSSR count). The van der Waals surface area contributed by atoms with Crippen LogP contribution in [-0.4, -0.2) is 18.6 Å². The van der Waals surface area contributed by atoms with Crippen molar-refractivity contribution in [1.82, 2.24) is 10.3 Å². The first-order valence-electron chi connectivity index (χ1n) is 7.06. The minimum atomic E-state index is 0.873. The van der Waals surface area contributed by atoms with Crippen molar-refractivity contribution in [1.29, 1.82) is 0 Å². The number of benzene rings is 1.